The van der Waals surface area contributed by atoms with Gasteiger partial charge in [0.2, 0.25) is 5.91 Å². The summed E-state index contributed by atoms with van der Waals surface area (Å²) in [4.78, 5) is 12.1. The average Bonchev–Trinajstić information content (AvgIpc) is 2.50. The van der Waals surface area contributed by atoms with Crippen molar-refractivity contribution in [2.24, 2.45) is 5.41 Å². The highest BCUT2D eigenvalue weighted by molar-refractivity contribution is 5.97. The largest absolute Gasteiger partial charge is 0.320 e. The smallest absolute Gasteiger partial charge is 0.245 e. The van der Waals surface area contributed by atoms with Gasteiger partial charge in [0.1, 0.15) is 11.1 Å². The van der Waals surface area contributed by atoms with Crippen LogP contribution in [0.4, 0.5) is 23.2 Å². The summed E-state index contributed by atoms with van der Waals surface area (Å²) in [5.41, 5.74) is -2.61. The van der Waals surface area contributed by atoms with E-state index in [4.69, 9.17) is 0 Å². The molecule has 0 atom stereocenters. The molecule has 1 N–H and O–H groups in total. The van der Waals surface area contributed by atoms with Crippen molar-refractivity contribution < 1.29 is 22.4 Å². The van der Waals surface area contributed by atoms with Gasteiger partial charge >= 0.3 is 0 Å². The second-order valence-corrected chi connectivity index (χ2v) is 5.05. The molecular formula is C14H12F4N2O. The Labute approximate surface area is 118 Å². The molecule has 0 unspecified atom stereocenters. The highest BCUT2D eigenvalue weighted by Crippen LogP contribution is 2.37. The normalized spacial score (nSPS) is 17.1. The molecule has 0 spiro atoms. The molecule has 1 aromatic rings. The molecule has 1 fully saturated rings. The zero-order valence-corrected chi connectivity index (χ0v) is 11.0. The lowest BCUT2D eigenvalue weighted by Gasteiger charge is -2.29. The van der Waals surface area contributed by atoms with Crippen LogP contribution in [0.25, 0.3) is 0 Å². The molecule has 112 valence electrons. The summed E-state index contributed by atoms with van der Waals surface area (Å²) in [6.45, 7) is 0. The highest BCUT2D eigenvalue weighted by Gasteiger charge is 2.40. The van der Waals surface area contributed by atoms with Gasteiger partial charge in [0.05, 0.1) is 6.07 Å². The second-order valence-electron chi connectivity index (χ2n) is 5.05. The summed E-state index contributed by atoms with van der Waals surface area (Å²) in [7, 11) is 0. The van der Waals surface area contributed by atoms with Crippen molar-refractivity contribution in [3.05, 3.63) is 29.3 Å². The number of anilines is 1. The monoisotopic (exact) mass is 300 g/mol. The van der Waals surface area contributed by atoms with Crippen LogP contribution >= 0.6 is 0 Å². The molecule has 1 amide bonds. The molecule has 1 aromatic carbocycles. The minimum atomic E-state index is -1.69. The fraction of sp³-hybridized carbons (Fsp3) is 0.429. The van der Waals surface area contributed by atoms with E-state index in [2.05, 4.69) is 0 Å². The van der Waals surface area contributed by atoms with Crippen LogP contribution in [0.2, 0.25) is 0 Å². The van der Waals surface area contributed by atoms with E-state index in [1.54, 1.807) is 0 Å². The third-order valence-corrected chi connectivity index (χ3v) is 3.71. The van der Waals surface area contributed by atoms with E-state index in [1.165, 1.54) is 0 Å². The fourth-order valence-corrected chi connectivity index (χ4v) is 2.46. The number of amides is 1. The molecule has 1 aliphatic rings. The van der Waals surface area contributed by atoms with Gasteiger partial charge < -0.3 is 5.32 Å². The summed E-state index contributed by atoms with van der Waals surface area (Å²) in [5.74, 6) is -7.54. The van der Waals surface area contributed by atoms with Crippen molar-refractivity contribution in [3.8, 4) is 6.07 Å². The lowest BCUT2D eigenvalue weighted by atomic mass is 9.74. The summed E-state index contributed by atoms with van der Waals surface area (Å²) in [6.07, 6.45) is 2.60. The Bertz CT molecular complexity index is 592. The third kappa shape index (κ3) is 2.71. The molecule has 0 radical (unpaired) electrons. The highest BCUT2D eigenvalue weighted by atomic mass is 19.2. The minimum absolute atomic E-state index is 0.0565. The van der Waals surface area contributed by atoms with Gasteiger partial charge in [-0.15, -0.1) is 0 Å². The molecular weight excluding hydrogens is 288 g/mol. The number of nitriles is 1. The maximum atomic E-state index is 13.5. The van der Waals surface area contributed by atoms with Gasteiger partial charge in [-0.2, -0.15) is 5.26 Å². The van der Waals surface area contributed by atoms with Crippen LogP contribution in [-0.2, 0) is 4.79 Å². The third-order valence-electron chi connectivity index (χ3n) is 3.71. The van der Waals surface area contributed by atoms with E-state index in [-0.39, 0.29) is 18.9 Å². The Balaban J connectivity index is 2.34. The number of hydrogen-bond donors (Lipinski definition) is 1. The van der Waals surface area contributed by atoms with Gasteiger partial charge in [-0.05, 0) is 12.8 Å². The molecule has 0 heterocycles. The lowest BCUT2D eigenvalue weighted by molar-refractivity contribution is -0.124. The van der Waals surface area contributed by atoms with Crippen molar-refractivity contribution in [2.75, 3.05) is 5.32 Å². The standard InChI is InChI=1S/C14H12F4N2O/c15-8-6-9(16)11(18)12(10(8)17)20-13(21)14(7-19)4-2-1-3-5-14/h6H,1-5H2,(H,20,21). The molecule has 0 bridgehead atoms. The van der Waals surface area contributed by atoms with E-state index in [9.17, 15) is 27.6 Å². The van der Waals surface area contributed by atoms with Crippen LogP contribution in [0.3, 0.4) is 0 Å². The average molecular weight is 300 g/mol. The van der Waals surface area contributed by atoms with Crippen molar-refractivity contribution in [1.82, 2.24) is 0 Å². The van der Waals surface area contributed by atoms with Gasteiger partial charge in [0, 0.05) is 6.07 Å². The van der Waals surface area contributed by atoms with Gasteiger partial charge in [0.25, 0.3) is 0 Å². The Hall–Kier alpha value is -2.10. The van der Waals surface area contributed by atoms with Crippen LogP contribution in [0.5, 0.6) is 0 Å². The van der Waals surface area contributed by atoms with E-state index >= 15 is 0 Å². The second kappa shape index (κ2) is 5.72. The Kier molecular flexibility index (Phi) is 4.16. The van der Waals surface area contributed by atoms with Crippen LogP contribution in [0, 0.1) is 40.0 Å². The number of carbonyl (C=O) groups is 1. The maximum Gasteiger partial charge on any atom is 0.245 e. The van der Waals surface area contributed by atoms with Gasteiger partial charge in [-0.25, -0.2) is 17.6 Å². The predicted octanol–water partition coefficient (Wildman–Crippen LogP) is 3.66. The topological polar surface area (TPSA) is 52.9 Å². The Morgan fingerprint density at radius 1 is 1.10 bits per heavy atom. The first-order chi connectivity index (χ1) is 9.91. The van der Waals surface area contributed by atoms with Crippen molar-refractivity contribution in [3.63, 3.8) is 0 Å². The number of nitrogens with zero attached hydrogens (tertiary/aromatic N) is 1. The summed E-state index contributed by atoms with van der Waals surface area (Å²) in [5, 5.41) is 11.0. The summed E-state index contributed by atoms with van der Waals surface area (Å²) >= 11 is 0. The van der Waals surface area contributed by atoms with Gasteiger partial charge in [0.15, 0.2) is 23.3 Å². The summed E-state index contributed by atoms with van der Waals surface area (Å²) in [6, 6.07) is 1.92. The Morgan fingerprint density at radius 2 is 1.62 bits per heavy atom. The zero-order valence-electron chi connectivity index (χ0n) is 11.0. The first-order valence-electron chi connectivity index (χ1n) is 6.47. The van der Waals surface area contributed by atoms with E-state index in [0.29, 0.717) is 12.8 Å². The molecule has 21 heavy (non-hydrogen) atoms. The number of carbonyl (C=O) groups excluding carboxylic acids is 1. The van der Waals surface area contributed by atoms with Crippen LogP contribution < -0.4 is 5.32 Å². The molecule has 1 saturated carbocycles. The minimum Gasteiger partial charge on any atom is -0.320 e. The van der Waals surface area contributed by atoms with Crippen LogP contribution in [0.15, 0.2) is 6.07 Å². The number of hydrogen-bond acceptors (Lipinski definition) is 2. The number of halogens is 4. The fourth-order valence-electron chi connectivity index (χ4n) is 2.46. The zero-order chi connectivity index (χ0) is 15.6. The summed E-state index contributed by atoms with van der Waals surface area (Å²) < 4.78 is 53.2. The molecule has 0 aliphatic heterocycles. The van der Waals surface area contributed by atoms with Gasteiger partial charge in [-0.3, -0.25) is 4.79 Å². The number of nitrogens with one attached hydrogen (secondary N) is 1. The van der Waals surface area contributed by atoms with Crippen molar-refractivity contribution in [1.29, 1.82) is 5.26 Å². The molecule has 1 aliphatic carbocycles. The van der Waals surface area contributed by atoms with Crippen molar-refractivity contribution >= 4 is 11.6 Å². The van der Waals surface area contributed by atoms with E-state index in [0.717, 1.165) is 6.42 Å². The number of benzene rings is 1. The van der Waals surface area contributed by atoms with E-state index in [1.807, 2.05) is 11.4 Å². The first kappa shape index (κ1) is 15.3. The van der Waals surface area contributed by atoms with Gasteiger partial charge in [-0.1, -0.05) is 19.3 Å². The molecule has 3 nitrogen and oxygen atoms in total. The van der Waals surface area contributed by atoms with E-state index < -0.39 is 40.3 Å². The van der Waals surface area contributed by atoms with Crippen LogP contribution in [0.1, 0.15) is 32.1 Å². The molecule has 2 rings (SSSR count). The quantitative estimate of drug-likeness (QED) is 0.669. The van der Waals surface area contributed by atoms with Crippen molar-refractivity contribution in [2.45, 2.75) is 32.1 Å². The number of rotatable bonds is 2. The predicted molar refractivity (Wildman–Crippen MR) is 66.0 cm³/mol. The maximum absolute atomic E-state index is 13.5. The Morgan fingerprint density at radius 3 is 2.10 bits per heavy atom. The molecule has 0 saturated heterocycles. The lowest BCUT2D eigenvalue weighted by Crippen LogP contribution is -2.37. The first-order valence-corrected chi connectivity index (χ1v) is 6.47. The van der Waals surface area contributed by atoms with Crippen LogP contribution in [-0.4, -0.2) is 5.91 Å². The molecule has 0 aromatic heterocycles. The SMILES string of the molecule is N#CC1(C(=O)Nc2c(F)c(F)cc(F)c2F)CCCCC1. The molecule has 7 heteroatoms.